The number of carbonyl (C=O) groups is 3. The highest BCUT2D eigenvalue weighted by Crippen LogP contribution is 2.22. The Balaban J connectivity index is 1.43. The standard InChI is InChI=1S/C23H20N4O4/c1-15-4-2-5-18(14-15)27-21(28)12-11-19(26-27)22(29)24-16-7-9-17(10-8-16)25-23(30)20-6-3-13-31-20/h2-10,13-14H,11-12H2,1H3,(H,24,29)(H,25,30). The molecule has 156 valence electrons. The maximum absolute atomic E-state index is 12.7. The van der Waals surface area contributed by atoms with Gasteiger partial charge in [0.1, 0.15) is 5.71 Å². The number of hydrogen-bond donors (Lipinski definition) is 2. The van der Waals surface area contributed by atoms with Crippen LogP contribution in [0.3, 0.4) is 0 Å². The lowest BCUT2D eigenvalue weighted by Crippen LogP contribution is -2.36. The second-order valence-electron chi connectivity index (χ2n) is 7.05. The van der Waals surface area contributed by atoms with E-state index in [4.69, 9.17) is 4.42 Å². The summed E-state index contributed by atoms with van der Waals surface area (Å²) in [5, 5.41) is 11.0. The highest BCUT2D eigenvalue weighted by Gasteiger charge is 2.25. The van der Waals surface area contributed by atoms with Gasteiger partial charge in [0.05, 0.1) is 12.0 Å². The molecule has 8 nitrogen and oxygen atoms in total. The molecule has 0 spiro atoms. The van der Waals surface area contributed by atoms with Crippen LogP contribution in [0.15, 0.2) is 76.4 Å². The highest BCUT2D eigenvalue weighted by molar-refractivity contribution is 6.44. The number of anilines is 3. The topological polar surface area (TPSA) is 104 Å². The van der Waals surface area contributed by atoms with Gasteiger partial charge < -0.3 is 15.1 Å². The van der Waals surface area contributed by atoms with E-state index in [0.29, 0.717) is 17.1 Å². The van der Waals surface area contributed by atoms with Gasteiger partial charge in [-0.2, -0.15) is 5.10 Å². The van der Waals surface area contributed by atoms with Crippen molar-refractivity contribution in [3.63, 3.8) is 0 Å². The van der Waals surface area contributed by atoms with Gasteiger partial charge in [0, 0.05) is 24.2 Å². The number of aryl methyl sites for hydroxylation is 1. The van der Waals surface area contributed by atoms with Crippen LogP contribution in [-0.4, -0.2) is 23.4 Å². The summed E-state index contributed by atoms with van der Waals surface area (Å²) in [6, 6.07) is 17.3. The third kappa shape index (κ3) is 4.69. The predicted octanol–water partition coefficient (Wildman–Crippen LogP) is 3.96. The largest absolute Gasteiger partial charge is 0.459 e. The Kier molecular flexibility index (Phi) is 5.61. The first kappa shape index (κ1) is 20.1. The van der Waals surface area contributed by atoms with Crippen LogP contribution in [0.25, 0.3) is 0 Å². The molecule has 4 rings (SSSR count). The number of hydrogen-bond acceptors (Lipinski definition) is 5. The van der Waals surface area contributed by atoms with E-state index < -0.39 is 0 Å². The summed E-state index contributed by atoms with van der Waals surface area (Å²) in [6.07, 6.45) is 1.90. The minimum Gasteiger partial charge on any atom is -0.459 e. The first-order chi connectivity index (χ1) is 15.0. The Bertz CT molecular complexity index is 1150. The number of nitrogens with zero attached hydrogens (tertiary/aromatic N) is 2. The van der Waals surface area contributed by atoms with Gasteiger partial charge in [0.2, 0.25) is 5.91 Å². The van der Waals surface area contributed by atoms with Crippen molar-refractivity contribution in [2.24, 2.45) is 5.10 Å². The summed E-state index contributed by atoms with van der Waals surface area (Å²) >= 11 is 0. The minimum absolute atomic E-state index is 0.154. The molecule has 0 atom stereocenters. The van der Waals surface area contributed by atoms with Crippen molar-refractivity contribution in [3.05, 3.63) is 78.3 Å². The molecule has 1 aliphatic rings. The smallest absolute Gasteiger partial charge is 0.291 e. The van der Waals surface area contributed by atoms with Gasteiger partial charge >= 0.3 is 0 Å². The molecular formula is C23H20N4O4. The monoisotopic (exact) mass is 416 g/mol. The molecule has 3 aromatic rings. The van der Waals surface area contributed by atoms with E-state index in [-0.39, 0.29) is 42.0 Å². The van der Waals surface area contributed by atoms with Crippen LogP contribution in [0, 0.1) is 6.92 Å². The summed E-state index contributed by atoms with van der Waals surface area (Å²) in [6.45, 7) is 1.93. The number of carbonyl (C=O) groups excluding carboxylic acids is 3. The third-order valence-electron chi connectivity index (χ3n) is 4.69. The molecule has 0 unspecified atom stereocenters. The lowest BCUT2D eigenvalue weighted by Gasteiger charge is -2.23. The molecule has 0 saturated heterocycles. The summed E-state index contributed by atoms with van der Waals surface area (Å²) in [5.41, 5.74) is 3.01. The Morgan fingerprint density at radius 2 is 1.65 bits per heavy atom. The second-order valence-corrected chi connectivity index (χ2v) is 7.05. The molecule has 3 amide bonds. The molecule has 2 N–H and O–H groups in total. The normalized spacial score (nSPS) is 13.5. The molecule has 0 fully saturated rings. The zero-order valence-corrected chi connectivity index (χ0v) is 16.8. The fourth-order valence-corrected chi connectivity index (χ4v) is 3.12. The summed E-state index contributed by atoms with van der Waals surface area (Å²) in [4.78, 5) is 37.0. The molecule has 2 heterocycles. The first-order valence-corrected chi connectivity index (χ1v) is 9.73. The molecule has 0 saturated carbocycles. The number of benzene rings is 2. The second kappa shape index (κ2) is 8.66. The number of amides is 3. The summed E-state index contributed by atoms with van der Waals surface area (Å²) in [5.74, 6) is -0.684. The van der Waals surface area contributed by atoms with Gasteiger partial charge in [0.15, 0.2) is 5.76 Å². The summed E-state index contributed by atoms with van der Waals surface area (Å²) in [7, 11) is 0. The average Bonchev–Trinajstić information content (AvgIpc) is 3.30. The van der Waals surface area contributed by atoms with Crippen molar-refractivity contribution in [1.29, 1.82) is 0 Å². The Hall–Kier alpha value is -4.20. The van der Waals surface area contributed by atoms with E-state index >= 15 is 0 Å². The van der Waals surface area contributed by atoms with E-state index in [9.17, 15) is 14.4 Å². The number of furan rings is 1. The van der Waals surface area contributed by atoms with Gasteiger partial charge in [-0.25, -0.2) is 5.01 Å². The molecule has 0 bridgehead atoms. The maximum atomic E-state index is 12.7. The number of nitrogens with one attached hydrogen (secondary N) is 2. The lowest BCUT2D eigenvalue weighted by atomic mass is 10.1. The van der Waals surface area contributed by atoms with Crippen molar-refractivity contribution in [2.75, 3.05) is 15.6 Å². The zero-order valence-electron chi connectivity index (χ0n) is 16.8. The van der Waals surface area contributed by atoms with Crippen LogP contribution < -0.4 is 15.6 Å². The van der Waals surface area contributed by atoms with Crippen molar-refractivity contribution >= 4 is 40.5 Å². The fourth-order valence-electron chi connectivity index (χ4n) is 3.12. The van der Waals surface area contributed by atoms with Crippen LogP contribution in [0.1, 0.15) is 29.0 Å². The van der Waals surface area contributed by atoms with Crippen molar-refractivity contribution < 1.29 is 18.8 Å². The van der Waals surface area contributed by atoms with Gasteiger partial charge in [-0.05, 0) is 61.0 Å². The van der Waals surface area contributed by atoms with Crippen LogP contribution in [-0.2, 0) is 9.59 Å². The molecule has 0 aliphatic carbocycles. The predicted molar refractivity (Wildman–Crippen MR) is 117 cm³/mol. The van der Waals surface area contributed by atoms with Crippen LogP contribution >= 0.6 is 0 Å². The Morgan fingerprint density at radius 1 is 0.935 bits per heavy atom. The van der Waals surface area contributed by atoms with Gasteiger partial charge in [-0.1, -0.05) is 12.1 Å². The minimum atomic E-state index is -0.377. The maximum Gasteiger partial charge on any atom is 0.291 e. The fraction of sp³-hybridized carbons (Fsp3) is 0.130. The Morgan fingerprint density at radius 3 is 2.29 bits per heavy atom. The molecule has 0 radical (unpaired) electrons. The highest BCUT2D eigenvalue weighted by atomic mass is 16.3. The van der Waals surface area contributed by atoms with E-state index in [1.165, 1.54) is 11.3 Å². The van der Waals surface area contributed by atoms with E-state index in [1.807, 2.05) is 25.1 Å². The molecule has 31 heavy (non-hydrogen) atoms. The molecular weight excluding hydrogens is 396 g/mol. The summed E-state index contributed by atoms with van der Waals surface area (Å²) < 4.78 is 5.06. The van der Waals surface area contributed by atoms with Crippen LogP contribution in [0.5, 0.6) is 0 Å². The van der Waals surface area contributed by atoms with Crippen molar-refractivity contribution in [1.82, 2.24) is 0 Å². The zero-order chi connectivity index (χ0) is 21.8. The number of rotatable bonds is 5. The van der Waals surface area contributed by atoms with E-state index in [1.54, 1.807) is 42.5 Å². The first-order valence-electron chi connectivity index (χ1n) is 9.73. The lowest BCUT2D eigenvalue weighted by molar-refractivity contribution is -0.118. The SMILES string of the molecule is Cc1cccc(N2N=C(C(=O)Nc3ccc(NC(=O)c4ccco4)cc3)CCC2=O)c1. The Labute approximate surface area is 178 Å². The van der Waals surface area contributed by atoms with Crippen LogP contribution in [0.4, 0.5) is 17.1 Å². The molecule has 1 aromatic heterocycles. The molecule has 2 aromatic carbocycles. The molecule has 1 aliphatic heterocycles. The van der Waals surface area contributed by atoms with E-state index in [0.717, 1.165) is 5.56 Å². The molecule has 8 heteroatoms. The van der Waals surface area contributed by atoms with Crippen molar-refractivity contribution in [2.45, 2.75) is 19.8 Å². The number of hydrazone groups is 1. The van der Waals surface area contributed by atoms with Crippen molar-refractivity contribution in [3.8, 4) is 0 Å². The average molecular weight is 416 g/mol. The van der Waals surface area contributed by atoms with Gasteiger partial charge in [-0.15, -0.1) is 0 Å². The van der Waals surface area contributed by atoms with Gasteiger partial charge in [-0.3, -0.25) is 14.4 Å². The van der Waals surface area contributed by atoms with E-state index in [2.05, 4.69) is 15.7 Å². The van der Waals surface area contributed by atoms with Gasteiger partial charge in [0.25, 0.3) is 11.8 Å². The third-order valence-corrected chi connectivity index (χ3v) is 4.69. The quantitative estimate of drug-likeness (QED) is 0.657. The van der Waals surface area contributed by atoms with Crippen LogP contribution in [0.2, 0.25) is 0 Å².